The first-order valence-electron chi connectivity index (χ1n) is 32.2. The molecule has 0 saturated carbocycles. The lowest BCUT2D eigenvalue weighted by molar-refractivity contribution is -0.870. The quantitative estimate of drug-likeness (QED) is 0.0278. The Bertz CT molecular complexity index is 1160. The molecule has 0 rings (SSSR count). The molecule has 0 aromatic rings. The van der Waals surface area contributed by atoms with Crippen molar-refractivity contribution >= 4 is 17.9 Å². The number of rotatable bonds is 61. The van der Waals surface area contributed by atoms with Crippen LogP contribution in [0.15, 0.2) is 0 Å². The minimum Gasteiger partial charge on any atom is -0.477 e. The topological polar surface area (TPSA) is 108 Å². The Balaban J connectivity index is 3.87. The summed E-state index contributed by atoms with van der Waals surface area (Å²) in [6.07, 6.45) is 62.4. The molecular weight excluding hydrogens is 911 g/mol. The summed E-state index contributed by atoms with van der Waals surface area (Å²) in [5.74, 6) is -1.98. The van der Waals surface area contributed by atoms with Crippen molar-refractivity contribution in [2.24, 2.45) is 0 Å². The zero-order chi connectivity index (χ0) is 53.4. The number of carbonyl (C=O) groups excluding carboxylic acids is 2. The largest absolute Gasteiger partial charge is 0.477 e. The molecule has 9 nitrogen and oxygen atoms in total. The zero-order valence-corrected chi connectivity index (χ0v) is 49.6. The minimum absolute atomic E-state index is 0.173. The van der Waals surface area contributed by atoms with Gasteiger partial charge in [-0.15, -0.1) is 0 Å². The smallest absolute Gasteiger partial charge is 0.361 e. The number of carbonyl (C=O) groups is 3. The summed E-state index contributed by atoms with van der Waals surface area (Å²) in [6, 6.07) is 0. The highest BCUT2D eigenvalue weighted by molar-refractivity contribution is 5.71. The molecule has 0 fully saturated rings. The van der Waals surface area contributed by atoms with Crippen LogP contribution in [0.25, 0.3) is 0 Å². The van der Waals surface area contributed by atoms with Gasteiger partial charge < -0.3 is 28.5 Å². The van der Waals surface area contributed by atoms with E-state index in [1.807, 2.05) is 21.1 Å². The molecule has 0 bridgehead atoms. The molecule has 2 unspecified atom stereocenters. The Kier molecular flexibility index (Phi) is 55.2. The first-order valence-corrected chi connectivity index (χ1v) is 32.2. The number of hydrogen-bond donors (Lipinski definition) is 1. The molecule has 0 heterocycles. The summed E-state index contributed by atoms with van der Waals surface area (Å²) in [6.45, 7) is 4.93. The maximum atomic E-state index is 12.9. The van der Waals surface area contributed by atoms with E-state index >= 15 is 0 Å². The average Bonchev–Trinajstić information content (AvgIpc) is 3.36. The van der Waals surface area contributed by atoms with Crippen LogP contribution < -0.4 is 0 Å². The van der Waals surface area contributed by atoms with E-state index in [0.29, 0.717) is 17.4 Å². The van der Waals surface area contributed by atoms with E-state index < -0.39 is 18.4 Å². The maximum Gasteiger partial charge on any atom is 0.361 e. The maximum absolute atomic E-state index is 12.9. The van der Waals surface area contributed by atoms with Crippen molar-refractivity contribution in [1.82, 2.24) is 0 Å². The van der Waals surface area contributed by atoms with Crippen LogP contribution >= 0.6 is 0 Å². The van der Waals surface area contributed by atoms with E-state index in [1.54, 1.807) is 0 Å². The molecule has 0 aliphatic carbocycles. The summed E-state index contributed by atoms with van der Waals surface area (Å²) in [5, 5.41) is 9.68. The van der Waals surface area contributed by atoms with Gasteiger partial charge in [0.05, 0.1) is 34.4 Å². The number of carboxylic acid groups (broad SMARTS) is 1. The predicted molar refractivity (Wildman–Crippen MR) is 309 cm³/mol. The van der Waals surface area contributed by atoms with Crippen molar-refractivity contribution in [3.05, 3.63) is 0 Å². The molecule has 2 atom stereocenters. The second-order valence-corrected chi connectivity index (χ2v) is 23.4. The fourth-order valence-electron chi connectivity index (χ4n) is 9.90. The summed E-state index contributed by atoms with van der Waals surface area (Å²) in [7, 11) is 5.98. The second-order valence-electron chi connectivity index (χ2n) is 23.4. The van der Waals surface area contributed by atoms with Crippen molar-refractivity contribution < 1.29 is 42.9 Å². The van der Waals surface area contributed by atoms with Crippen LogP contribution in [-0.4, -0.2) is 87.4 Å². The number of quaternary nitrogens is 1. The van der Waals surface area contributed by atoms with Crippen molar-refractivity contribution in [2.45, 2.75) is 347 Å². The molecule has 73 heavy (non-hydrogen) atoms. The second kappa shape index (κ2) is 56.5. The van der Waals surface area contributed by atoms with Crippen LogP contribution in [-0.2, 0) is 33.3 Å². The molecule has 0 aliphatic heterocycles. The van der Waals surface area contributed by atoms with E-state index in [0.717, 1.165) is 38.5 Å². The lowest BCUT2D eigenvalue weighted by Crippen LogP contribution is -2.40. The van der Waals surface area contributed by atoms with E-state index in [-0.39, 0.29) is 38.2 Å². The van der Waals surface area contributed by atoms with Crippen LogP contribution in [0.3, 0.4) is 0 Å². The number of carboxylic acids is 1. The Morgan fingerprint density at radius 3 is 0.877 bits per heavy atom. The minimum atomic E-state index is -1.50. The number of ether oxygens (including phenoxy) is 4. The first kappa shape index (κ1) is 71.3. The first-order chi connectivity index (χ1) is 35.6. The number of esters is 2. The predicted octanol–water partition coefficient (Wildman–Crippen LogP) is 19.1. The van der Waals surface area contributed by atoms with Gasteiger partial charge in [-0.2, -0.15) is 0 Å². The monoisotopic (exact) mass is 1040 g/mol. The van der Waals surface area contributed by atoms with Crippen LogP contribution in [0.2, 0.25) is 0 Å². The van der Waals surface area contributed by atoms with Gasteiger partial charge in [0.1, 0.15) is 13.2 Å². The average molecular weight is 1040 g/mol. The fraction of sp³-hybridized carbons (Fsp3) is 0.953. The number of unbranched alkanes of at least 4 members (excludes halogenated alkanes) is 46. The van der Waals surface area contributed by atoms with Gasteiger partial charge in [-0.25, -0.2) is 4.79 Å². The van der Waals surface area contributed by atoms with Gasteiger partial charge in [0.2, 0.25) is 0 Å². The molecule has 0 amide bonds. The van der Waals surface area contributed by atoms with Gasteiger partial charge >= 0.3 is 17.9 Å². The zero-order valence-electron chi connectivity index (χ0n) is 49.6. The molecule has 0 radical (unpaired) electrons. The van der Waals surface area contributed by atoms with Crippen molar-refractivity contribution in [2.75, 3.05) is 47.5 Å². The van der Waals surface area contributed by atoms with Crippen LogP contribution in [0.5, 0.6) is 0 Å². The van der Waals surface area contributed by atoms with Gasteiger partial charge in [0, 0.05) is 12.8 Å². The van der Waals surface area contributed by atoms with E-state index in [1.165, 1.54) is 270 Å². The van der Waals surface area contributed by atoms with Gasteiger partial charge in [0.15, 0.2) is 6.10 Å². The van der Waals surface area contributed by atoms with E-state index in [2.05, 4.69) is 13.8 Å². The molecule has 9 heteroatoms. The lowest BCUT2D eigenvalue weighted by atomic mass is 10.0. The van der Waals surface area contributed by atoms with Crippen molar-refractivity contribution in [3.8, 4) is 0 Å². The van der Waals surface area contributed by atoms with Gasteiger partial charge in [-0.1, -0.05) is 309 Å². The number of aliphatic carboxylic acids is 1. The molecule has 0 spiro atoms. The molecular formula is C64H126NO8+. The van der Waals surface area contributed by atoms with Crippen LogP contribution in [0.4, 0.5) is 0 Å². The standard InChI is InChI=1S/C64H125NO8/c1-6-8-10-12-14-16-18-19-20-21-22-23-24-25-26-27-28-29-30-31-32-33-34-35-36-37-38-39-40-41-42-43-45-47-49-51-53-55-62(67)73-60(59-72-64(63(68)69)70-57-56-65(3,4)5)58-71-61(66)54-52-50-48-46-44-17-15-13-11-9-7-2/h60,64H,6-59H2,1-5H3/p+1. The van der Waals surface area contributed by atoms with Crippen LogP contribution in [0, 0.1) is 0 Å². The molecule has 0 saturated heterocycles. The molecule has 0 aliphatic rings. The number of nitrogens with zero attached hydrogens (tertiary/aromatic N) is 1. The highest BCUT2D eigenvalue weighted by Gasteiger charge is 2.25. The summed E-state index contributed by atoms with van der Waals surface area (Å²) in [4.78, 5) is 37.3. The van der Waals surface area contributed by atoms with Crippen molar-refractivity contribution in [3.63, 3.8) is 0 Å². The Hall–Kier alpha value is -1.71. The highest BCUT2D eigenvalue weighted by Crippen LogP contribution is 2.19. The summed E-state index contributed by atoms with van der Waals surface area (Å²) < 4.78 is 22.9. The van der Waals surface area contributed by atoms with Gasteiger partial charge in [-0.3, -0.25) is 9.59 Å². The van der Waals surface area contributed by atoms with Gasteiger partial charge in [0.25, 0.3) is 6.29 Å². The highest BCUT2D eigenvalue weighted by atomic mass is 16.7. The molecule has 434 valence electrons. The third kappa shape index (κ3) is 57.8. The molecule has 0 aromatic heterocycles. The SMILES string of the molecule is CCCCCCCCCCCCCCCCCCCCCCCCCCCCCCCCCCCCCCCC(=O)OC(COC(=O)CCCCCCCCCCCCC)COC(OCC[N+](C)(C)C)C(=O)O. The fourth-order valence-corrected chi connectivity index (χ4v) is 9.90. The Morgan fingerprint density at radius 1 is 0.356 bits per heavy atom. The normalized spacial score (nSPS) is 12.6. The van der Waals surface area contributed by atoms with E-state index in [9.17, 15) is 19.5 Å². The Morgan fingerprint density at radius 2 is 0.616 bits per heavy atom. The van der Waals surface area contributed by atoms with Gasteiger partial charge in [-0.05, 0) is 12.8 Å². The van der Waals surface area contributed by atoms with E-state index in [4.69, 9.17) is 18.9 Å². The third-order valence-electron chi connectivity index (χ3n) is 14.9. The van der Waals surface area contributed by atoms with Crippen molar-refractivity contribution in [1.29, 1.82) is 0 Å². The number of likely N-dealkylation sites (N-methyl/N-ethyl adjacent to an activating group) is 1. The lowest BCUT2D eigenvalue weighted by Gasteiger charge is -2.25. The number of hydrogen-bond acceptors (Lipinski definition) is 7. The summed E-state index contributed by atoms with van der Waals surface area (Å²) >= 11 is 0. The van der Waals surface area contributed by atoms with Crippen LogP contribution in [0.1, 0.15) is 335 Å². The molecule has 0 aromatic carbocycles. The third-order valence-corrected chi connectivity index (χ3v) is 14.9. The Labute approximate surface area is 453 Å². The summed E-state index contributed by atoms with van der Waals surface area (Å²) in [5.41, 5.74) is 0. The molecule has 1 N–H and O–H groups in total.